The molecule has 0 spiro atoms. The fourth-order valence-electron chi connectivity index (χ4n) is 4.58. The number of ether oxygens (including phenoxy) is 7. The zero-order valence-electron chi connectivity index (χ0n) is 24.4. The molecule has 0 amide bonds. The SMILES string of the molecule is COCOc1cc(OCc2ccc(OC)cc2)cc2c1C(=O)OC(C)[C@H](C)/C=C\C(=O)C1OC(C)(C)OC1C/C=C/2. The van der Waals surface area contributed by atoms with E-state index in [1.807, 2.05) is 37.3 Å². The van der Waals surface area contributed by atoms with Crippen molar-refractivity contribution in [3.8, 4) is 17.2 Å². The number of ketones is 1. The summed E-state index contributed by atoms with van der Waals surface area (Å²) < 4.78 is 40.1. The van der Waals surface area contributed by atoms with Gasteiger partial charge >= 0.3 is 5.97 Å². The van der Waals surface area contributed by atoms with Crippen molar-refractivity contribution in [2.75, 3.05) is 21.0 Å². The number of hydrogen-bond acceptors (Lipinski definition) is 9. The molecule has 2 aromatic carbocycles. The molecule has 4 atom stereocenters. The Balaban J connectivity index is 1.71. The number of cyclic esters (lactones) is 1. The van der Waals surface area contributed by atoms with Gasteiger partial charge in [-0.2, -0.15) is 0 Å². The summed E-state index contributed by atoms with van der Waals surface area (Å²) in [6.07, 6.45) is 5.44. The summed E-state index contributed by atoms with van der Waals surface area (Å²) in [5.41, 5.74) is 1.71. The highest BCUT2D eigenvalue weighted by Gasteiger charge is 2.43. The lowest BCUT2D eigenvalue weighted by atomic mass is 9.99. The lowest BCUT2D eigenvalue weighted by molar-refractivity contribution is -0.152. The Kier molecular flexibility index (Phi) is 9.86. The summed E-state index contributed by atoms with van der Waals surface area (Å²) >= 11 is 0. The molecule has 0 radical (unpaired) electrons. The molecule has 0 saturated carbocycles. The van der Waals surface area contributed by atoms with Crippen LogP contribution in [0.4, 0.5) is 0 Å². The van der Waals surface area contributed by atoms with Crippen molar-refractivity contribution < 1.29 is 42.7 Å². The van der Waals surface area contributed by atoms with Crippen LogP contribution in [0.5, 0.6) is 17.2 Å². The topological polar surface area (TPSA) is 98.8 Å². The van der Waals surface area contributed by atoms with Gasteiger partial charge in [-0.3, -0.25) is 4.79 Å². The molecule has 1 saturated heterocycles. The largest absolute Gasteiger partial charge is 0.497 e. The summed E-state index contributed by atoms with van der Waals surface area (Å²) in [7, 11) is 3.11. The highest BCUT2D eigenvalue weighted by molar-refractivity contribution is 5.97. The second-order valence-corrected chi connectivity index (χ2v) is 10.5. The maximum atomic E-state index is 13.5. The molecule has 41 heavy (non-hydrogen) atoms. The normalized spacial score (nSPS) is 25.7. The molecule has 0 aliphatic carbocycles. The number of hydrogen-bond donors (Lipinski definition) is 0. The minimum atomic E-state index is -0.903. The van der Waals surface area contributed by atoms with Gasteiger partial charge in [0.25, 0.3) is 0 Å². The van der Waals surface area contributed by atoms with E-state index in [-0.39, 0.29) is 36.4 Å². The number of carbonyl (C=O) groups excluding carboxylic acids is 2. The van der Waals surface area contributed by atoms with E-state index >= 15 is 0 Å². The summed E-state index contributed by atoms with van der Waals surface area (Å²) in [6, 6.07) is 11.0. The summed E-state index contributed by atoms with van der Waals surface area (Å²) in [4.78, 5) is 26.5. The molecule has 2 aromatic rings. The van der Waals surface area contributed by atoms with Crippen molar-refractivity contribution in [3.05, 3.63) is 71.3 Å². The van der Waals surface area contributed by atoms with E-state index in [0.717, 1.165) is 11.3 Å². The van der Waals surface area contributed by atoms with Gasteiger partial charge in [-0.25, -0.2) is 4.79 Å². The Labute approximate surface area is 241 Å². The Bertz CT molecular complexity index is 1280. The maximum absolute atomic E-state index is 13.5. The molecule has 9 heteroatoms. The number of benzene rings is 2. The highest BCUT2D eigenvalue weighted by atomic mass is 16.8. The van der Waals surface area contributed by atoms with E-state index in [2.05, 4.69) is 0 Å². The van der Waals surface area contributed by atoms with Gasteiger partial charge in [0.2, 0.25) is 0 Å². The minimum absolute atomic E-state index is 0.0772. The fourth-order valence-corrected chi connectivity index (χ4v) is 4.58. The zero-order chi connectivity index (χ0) is 29.6. The first-order valence-corrected chi connectivity index (χ1v) is 13.6. The van der Waals surface area contributed by atoms with Crippen molar-refractivity contribution >= 4 is 17.8 Å². The number of esters is 1. The molecular formula is C32H38O9. The Morgan fingerprint density at radius 3 is 2.41 bits per heavy atom. The van der Waals surface area contributed by atoms with Crippen molar-refractivity contribution in [1.29, 1.82) is 0 Å². The molecule has 0 bridgehead atoms. The van der Waals surface area contributed by atoms with Crippen LogP contribution in [0.15, 0.2) is 54.6 Å². The molecule has 0 aromatic heterocycles. The number of fused-ring (bicyclic) bond motifs is 2. The van der Waals surface area contributed by atoms with Gasteiger partial charge in [0.05, 0.1) is 13.2 Å². The lowest BCUT2D eigenvalue weighted by Gasteiger charge is -2.21. The van der Waals surface area contributed by atoms with Gasteiger partial charge in [-0.15, -0.1) is 0 Å². The lowest BCUT2D eigenvalue weighted by Crippen LogP contribution is -2.30. The average molecular weight is 567 g/mol. The van der Waals surface area contributed by atoms with Crippen LogP contribution >= 0.6 is 0 Å². The first-order chi connectivity index (χ1) is 19.6. The monoisotopic (exact) mass is 566 g/mol. The molecule has 3 unspecified atom stereocenters. The Morgan fingerprint density at radius 2 is 1.71 bits per heavy atom. The number of methoxy groups -OCH3 is 2. The van der Waals surface area contributed by atoms with Crippen LogP contribution in [0.2, 0.25) is 0 Å². The van der Waals surface area contributed by atoms with E-state index < -0.39 is 30.1 Å². The molecule has 220 valence electrons. The van der Waals surface area contributed by atoms with Crippen LogP contribution in [0, 0.1) is 5.92 Å². The van der Waals surface area contributed by atoms with E-state index in [0.29, 0.717) is 17.7 Å². The molecule has 2 aliphatic rings. The van der Waals surface area contributed by atoms with Crippen molar-refractivity contribution in [3.63, 3.8) is 0 Å². The molecule has 0 N–H and O–H groups in total. The van der Waals surface area contributed by atoms with Gasteiger partial charge in [0, 0.05) is 19.1 Å². The summed E-state index contributed by atoms with van der Waals surface area (Å²) in [5, 5.41) is 0. The predicted octanol–water partition coefficient (Wildman–Crippen LogP) is 5.50. The zero-order valence-corrected chi connectivity index (χ0v) is 24.4. The minimum Gasteiger partial charge on any atom is -0.497 e. The van der Waals surface area contributed by atoms with Crippen LogP contribution in [-0.2, 0) is 30.3 Å². The van der Waals surface area contributed by atoms with Crippen LogP contribution in [0.1, 0.15) is 55.6 Å². The quantitative estimate of drug-likeness (QED) is 0.318. The van der Waals surface area contributed by atoms with Gasteiger partial charge in [-0.05, 0) is 62.6 Å². The smallest absolute Gasteiger partial charge is 0.342 e. The second kappa shape index (κ2) is 13.3. The van der Waals surface area contributed by atoms with Crippen molar-refractivity contribution in [1.82, 2.24) is 0 Å². The molecule has 4 rings (SSSR count). The average Bonchev–Trinajstić information content (AvgIpc) is 3.27. The number of rotatable bonds is 7. The third-order valence-electron chi connectivity index (χ3n) is 6.93. The first-order valence-electron chi connectivity index (χ1n) is 13.6. The first kappa shape index (κ1) is 30.3. The highest BCUT2D eigenvalue weighted by Crippen LogP contribution is 2.34. The molecule has 9 nitrogen and oxygen atoms in total. The van der Waals surface area contributed by atoms with E-state index in [1.165, 1.54) is 13.2 Å². The van der Waals surface area contributed by atoms with Crippen molar-refractivity contribution in [2.45, 2.75) is 64.8 Å². The van der Waals surface area contributed by atoms with E-state index in [1.54, 1.807) is 52.2 Å². The van der Waals surface area contributed by atoms with E-state index in [4.69, 9.17) is 33.2 Å². The molecule has 1 fully saturated rings. The van der Waals surface area contributed by atoms with Gasteiger partial charge in [-0.1, -0.05) is 37.3 Å². The maximum Gasteiger partial charge on any atom is 0.342 e. The second-order valence-electron chi connectivity index (χ2n) is 10.5. The third kappa shape index (κ3) is 7.75. The Hall–Kier alpha value is -3.66. The van der Waals surface area contributed by atoms with E-state index in [9.17, 15) is 9.59 Å². The predicted molar refractivity (Wildman–Crippen MR) is 152 cm³/mol. The van der Waals surface area contributed by atoms with Gasteiger partial charge < -0.3 is 33.2 Å². The van der Waals surface area contributed by atoms with Crippen LogP contribution in [0.25, 0.3) is 6.08 Å². The van der Waals surface area contributed by atoms with Crippen molar-refractivity contribution in [2.24, 2.45) is 5.92 Å². The molecular weight excluding hydrogens is 528 g/mol. The molecule has 2 heterocycles. The summed E-state index contributed by atoms with van der Waals surface area (Å²) in [5.74, 6) is -0.394. The third-order valence-corrected chi connectivity index (χ3v) is 6.93. The van der Waals surface area contributed by atoms with Gasteiger partial charge in [0.1, 0.15) is 41.6 Å². The molecule has 2 aliphatic heterocycles. The van der Waals surface area contributed by atoms with Crippen LogP contribution < -0.4 is 14.2 Å². The van der Waals surface area contributed by atoms with Gasteiger partial charge in [0.15, 0.2) is 18.4 Å². The number of carbonyl (C=O) groups is 2. The Morgan fingerprint density at radius 1 is 0.951 bits per heavy atom. The fraction of sp³-hybridized carbons (Fsp3) is 0.438. The van der Waals surface area contributed by atoms with Crippen LogP contribution in [0.3, 0.4) is 0 Å². The summed E-state index contributed by atoms with van der Waals surface area (Å²) in [6.45, 7) is 7.43. The standard InChI is InChI=1S/C32H38O9/c1-20-10-15-26(33)30-27(40-32(3,4)41-30)9-7-8-23-16-25(37-18-22-11-13-24(36-6)14-12-22)17-28(38-19-35-5)29(23)31(34)39-21(20)2/h7-8,10-17,20-21,27,30H,9,18-19H2,1-6H3/b8-7+,15-10-/t20-,21?,27?,30?/m1/s1. The van der Waals surface area contributed by atoms with Crippen LogP contribution in [-0.4, -0.2) is 56.9 Å².